The Labute approximate surface area is 130 Å². The highest BCUT2D eigenvalue weighted by Crippen LogP contribution is 2.31. The van der Waals surface area contributed by atoms with Crippen molar-refractivity contribution in [3.05, 3.63) is 71.7 Å². The van der Waals surface area contributed by atoms with Crippen LogP contribution in [0.4, 0.5) is 5.69 Å². The minimum Gasteiger partial charge on any atom is -0.351 e. The number of hydrogen-bond donors (Lipinski definition) is 0. The van der Waals surface area contributed by atoms with E-state index in [-0.39, 0.29) is 0 Å². The van der Waals surface area contributed by atoms with Crippen LogP contribution in [0.25, 0.3) is 21.8 Å². The summed E-state index contributed by atoms with van der Waals surface area (Å²) in [6.07, 6.45) is 5.77. The molecule has 0 spiro atoms. The van der Waals surface area contributed by atoms with Crippen LogP contribution in [0.3, 0.4) is 0 Å². The van der Waals surface area contributed by atoms with Crippen LogP contribution >= 0.6 is 0 Å². The maximum Gasteiger partial charge on any atom is 0.300 e. The maximum atomic E-state index is 7.40. The second kappa shape index (κ2) is 5.45. The highest BCUT2D eigenvalue weighted by Gasteiger charge is 2.17. The Bertz CT molecular complexity index is 884. The number of nitrogens with zero attached hydrogens (tertiary/aromatic N) is 4. The van der Waals surface area contributed by atoms with Crippen molar-refractivity contribution < 1.29 is 4.57 Å². The molecule has 0 atom stereocenters. The van der Waals surface area contributed by atoms with Crippen LogP contribution in [-0.2, 0) is 7.05 Å². The molecule has 2 heterocycles. The molecule has 0 radical (unpaired) electrons. The van der Waals surface area contributed by atoms with Crippen LogP contribution in [0.2, 0.25) is 0 Å². The van der Waals surface area contributed by atoms with E-state index in [4.69, 9.17) is 6.57 Å². The fourth-order valence-electron chi connectivity index (χ4n) is 2.71. The molecule has 0 aliphatic heterocycles. The van der Waals surface area contributed by atoms with Crippen molar-refractivity contribution in [1.29, 1.82) is 0 Å². The molecular formula is C18H17N4+. The van der Waals surface area contributed by atoms with Gasteiger partial charge in [-0.15, -0.1) is 0 Å². The molecule has 0 unspecified atom stereocenters. The number of rotatable bonds is 2. The fraction of sp³-hybridized carbons (Fsp3) is 0.167. The van der Waals surface area contributed by atoms with E-state index >= 15 is 0 Å². The summed E-state index contributed by atoms with van der Waals surface area (Å²) in [5.74, 6) is 0.894. The van der Waals surface area contributed by atoms with Gasteiger partial charge in [-0.05, 0) is 36.8 Å². The number of benzene rings is 1. The second-order valence-corrected chi connectivity index (χ2v) is 5.29. The average molecular weight is 289 g/mol. The zero-order chi connectivity index (χ0) is 15.7. The second-order valence-electron chi connectivity index (χ2n) is 5.29. The fourth-order valence-corrected chi connectivity index (χ4v) is 2.71. The average Bonchev–Trinajstić information content (AvgIpc) is 2.94. The van der Waals surface area contributed by atoms with Crippen molar-refractivity contribution >= 4 is 5.69 Å². The zero-order valence-corrected chi connectivity index (χ0v) is 12.9. The van der Waals surface area contributed by atoms with E-state index in [1.54, 1.807) is 6.20 Å². The summed E-state index contributed by atoms with van der Waals surface area (Å²) in [4.78, 5) is 7.98. The summed E-state index contributed by atoms with van der Waals surface area (Å²) in [5, 5.41) is 0. The lowest BCUT2D eigenvalue weighted by molar-refractivity contribution is -0.606. The monoisotopic (exact) mass is 289 g/mol. The van der Waals surface area contributed by atoms with Crippen molar-refractivity contribution in [2.24, 2.45) is 7.05 Å². The Morgan fingerprint density at radius 2 is 2.05 bits per heavy atom. The SMILES string of the molecule is [C-]#[N+]c1cc(-c2cccn2C)c(C)c(-[n+]2cccnc2C)c1. The maximum absolute atomic E-state index is 7.40. The molecule has 108 valence electrons. The molecule has 22 heavy (non-hydrogen) atoms. The summed E-state index contributed by atoms with van der Waals surface area (Å²) in [7, 11) is 2.02. The Balaban J connectivity index is 2.31. The topological polar surface area (TPSA) is 26.1 Å². The van der Waals surface area contributed by atoms with Gasteiger partial charge in [-0.25, -0.2) is 9.41 Å². The standard InChI is InChI=1S/C18H17N4/c1-13-16(17-7-5-9-21(17)4)11-15(19-3)12-18(13)22-10-6-8-20-14(22)2/h5-12H,1-2,4H3/q+1. The first-order valence-corrected chi connectivity index (χ1v) is 7.09. The van der Waals surface area contributed by atoms with Crippen LogP contribution in [0.15, 0.2) is 48.9 Å². The molecule has 0 aliphatic carbocycles. The molecule has 0 bridgehead atoms. The molecule has 4 nitrogen and oxygen atoms in total. The molecule has 1 aromatic carbocycles. The lowest BCUT2D eigenvalue weighted by Gasteiger charge is -2.12. The van der Waals surface area contributed by atoms with Gasteiger partial charge in [-0.1, -0.05) is 4.98 Å². The first kappa shape index (κ1) is 14.0. The molecule has 0 fully saturated rings. The van der Waals surface area contributed by atoms with Gasteiger partial charge < -0.3 is 4.57 Å². The van der Waals surface area contributed by atoms with E-state index in [9.17, 15) is 0 Å². The lowest BCUT2D eigenvalue weighted by Crippen LogP contribution is -2.35. The van der Waals surface area contributed by atoms with Crippen molar-refractivity contribution in [2.45, 2.75) is 13.8 Å². The first-order valence-electron chi connectivity index (χ1n) is 7.09. The van der Waals surface area contributed by atoms with Gasteiger partial charge in [0.2, 0.25) is 0 Å². The third-order valence-corrected chi connectivity index (χ3v) is 3.90. The molecule has 0 saturated heterocycles. The van der Waals surface area contributed by atoms with Crippen molar-refractivity contribution in [3.63, 3.8) is 0 Å². The number of aromatic nitrogens is 3. The van der Waals surface area contributed by atoms with Crippen LogP contribution < -0.4 is 4.57 Å². The molecule has 0 amide bonds. The van der Waals surface area contributed by atoms with Crippen LogP contribution in [0.1, 0.15) is 11.4 Å². The van der Waals surface area contributed by atoms with E-state index in [0.29, 0.717) is 5.69 Å². The van der Waals surface area contributed by atoms with Gasteiger partial charge in [0.05, 0.1) is 6.57 Å². The normalized spacial score (nSPS) is 10.5. The van der Waals surface area contributed by atoms with Crippen molar-refractivity contribution in [1.82, 2.24) is 9.55 Å². The quantitative estimate of drug-likeness (QED) is 0.523. The third-order valence-electron chi connectivity index (χ3n) is 3.90. The van der Waals surface area contributed by atoms with Crippen molar-refractivity contribution in [2.75, 3.05) is 0 Å². The Hall–Kier alpha value is -2.93. The molecule has 0 aliphatic rings. The van der Waals surface area contributed by atoms with E-state index in [2.05, 4.69) is 27.4 Å². The number of hydrogen-bond acceptors (Lipinski definition) is 1. The molecular weight excluding hydrogens is 272 g/mol. The van der Waals surface area contributed by atoms with Gasteiger partial charge in [0, 0.05) is 37.5 Å². The van der Waals surface area contributed by atoms with Crippen LogP contribution in [0, 0.1) is 20.4 Å². The van der Waals surface area contributed by atoms with Gasteiger partial charge in [-0.2, -0.15) is 0 Å². The first-order chi connectivity index (χ1) is 10.6. The van der Waals surface area contributed by atoms with Gasteiger partial charge in [0.15, 0.2) is 5.69 Å². The Kier molecular flexibility index (Phi) is 3.48. The minimum atomic E-state index is 0.632. The van der Waals surface area contributed by atoms with Gasteiger partial charge in [-0.3, -0.25) is 0 Å². The lowest BCUT2D eigenvalue weighted by atomic mass is 10.0. The van der Waals surface area contributed by atoms with E-state index in [1.807, 2.05) is 55.2 Å². The highest BCUT2D eigenvalue weighted by atomic mass is 15.0. The zero-order valence-electron chi connectivity index (χ0n) is 12.9. The van der Waals surface area contributed by atoms with Crippen molar-refractivity contribution in [3.8, 4) is 16.9 Å². The Morgan fingerprint density at radius 3 is 2.68 bits per heavy atom. The molecule has 4 heteroatoms. The summed E-state index contributed by atoms with van der Waals surface area (Å²) in [5.41, 5.74) is 4.94. The number of aryl methyl sites for hydroxylation is 2. The summed E-state index contributed by atoms with van der Waals surface area (Å²) in [6, 6.07) is 9.86. The summed E-state index contributed by atoms with van der Waals surface area (Å²) < 4.78 is 4.09. The largest absolute Gasteiger partial charge is 0.351 e. The Morgan fingerprint density at radius 1 is 1.23 bits per heavy atom. The molecule has 3 aromatic rings. The third kappa shape index (κ3) is 2.27. The highest BCUT2D eigenvalue weighted by molar-refractivity contribution is 5.73. The van der Waals surface area contributed by atoms with E-state index < -0.39 is 0 Å². The van der Waals surface area contributed by atoms with E-state index in [1.165, 1.54) is 0 Å². The smallest absolute Gasteiger partial charge is 0.300 e. The summed E-state index contributed by atoms with van der Waals surface area (Å²) in [6.45, 7) is 11.4. The van der Waals surface area contributed by atoms with Gasteiger partial charge in [0.1, 0.15) is 18.1 Å². The molecule has 0 saturated carbocycles. The minimum absolute atomic E-state index is 0.632. The van der Waals surface area contributed by atoms with Crippen LogP contribution in [-0.4, -0.2) is 9.55 Å². The van der Waals surface area contributed by atoms with Crippen LogP contribution in [0.5, 0.6) is 0 Å². The summed E-state index contributed by atoms with van der Waals surface area (Å²) >= 11 is 0. The van der Waals surface area contributed by atoms with Gasteiger partial charge >= 0.3 is 0 Å². The molecule has 0 N–H and O–H groups in total. The molecule has 3 rings (SSSR count). The van der Waals surface area contributed by atoms with Gasteiger partial charge in [0.25, 0.3) is 5.82 Å². The van der Waals surface area contributed by atoms with E-state index in [0.717, 1.165) is 28.3 Å². The predicted octanol–water partition coefficient (Wildman–Crippen LogP) is 3.53. The predicted molar refractivity (Wildman–Crippen MR) is 85.9 cm³/mol. The molecule has 2 aromatic heterocycles.